The van der Waals surface area contributed by atoms with Crippen molar-refractivity contribution in [1.29, 1.82) is 0 Å². The van der Waals surface area contributed by atoms with Crippen LogP contribution >= 0.6 is 28.3 Å². The molecule has 1 aromatic rings. The molecule has 1 fully saturated rings. The van der Waals surface area contributed by atoms with Gasteiger partial charge in [0.1, 0.15) is 0 Å². The monoisotopic (exact) mass is 332 g/mol. The Bertz CT molecular complexity index is 377. The lowest BCUT2D eigenvalue weighted by Crippen LogP contribution is -2.36. The standard InChI is InChI=1S/C13H17BrN2O.ClH/c14-11-4-1-10(2-5-11)3-6-13(17)16-12-7-8-15-9-12;/h1-2,4-5,12,15H,3,6-9H2,(H,16,17);1H. The van der Waals surface area contributed by atoms with Gasteiger partial charge in [-0.05, 0) is 37.1 Å². The molecule has 1 unspecified atom stereocenters. The molecule has 1 aromatic carbocycles. The van der Waals surface area contributed by atoms with Gasteiger partial charge >= 0.3 is 0 Å². The lowest BCUT2D eigenvalue weighted by Gasteiger charge is -2.11. The minimum absolute atomic E-state index is 0. The van der Waals surface area contributed by atoms with E-state index in [1.807, 2.05) is 12.1 Å². The number of aryl methyl sites for hydroxylation is 1. The van der Waals surface area contributed by atoms with Gasteiger partial charge in [0.25, 0.3) is 0 Å². The van der Waals surface area contributed by atoms with Gasteiger partial charge in [0.05, 0.1) is 0 Å². The maximum absolute atomic E-state index is 11.7. The highest BCUT2D eigenvalue weighted by Crippen LogP contribution is 2.11. The van der Waals surface area contributed by atoms with Crippen LogP contribution in [-0.4, -0.2) is 25.0 Å². The van der Waals surface area contributed by atoms with E-state index in [1.54, 1.807) is 0 Å². The lowest BCUT2D eigenvalue weighted by molar-refractivity contribution is -0.121. The van der Waals surface area contributed by atoms with E-state index < -0.39 is 0 Å². The quantitative estimate of drug-likeness (QED) is 0.887. The van der Waals surface area contributed by atoms with E-state index in [2.05, 4.69) is 38.7 Å². The number of rotatable bonds is 4. The number of amides is 1. The molecule has 5 heteroatoms. The summed E-state index contributed by atoms with van der Waals surface area (Å²) in [4.78, 5) is 11.7. The number of hydrogen-bond acceptors (Lipinski definition) is 2. The first-order chi connectivity index (χ1) is 8.24. The molecule has 1 aliphatic heterocycles. The Labute approximate surface area is 122 Å². The Morgan fingerprint density at radius 1 is 1.39 bits per heavy atom. The fourth-order valence-electron chi connectivity index (χ4n) is 1.99. The second kappa shape index (κ2) is 7.77. The van der Waals surface area contributed by atoms with E-state index in [1.165, 1.54) is 5.56 Å². The Balaban J connectivity index is 0.00000162. The van der Waals surface area contributed by atoms with Crippen LogP contribution in [0.2, 0.25) is 0 Å². The molecule has 0 saturated carbocycles. The number of hydrogen-bond donors (Lipinski definition) is 2. The van der Waals surface area contributed by atoms with E-state index in [0.717, 1.165) is 30.4 Å². The molecule has 1 amide bonds. The van der Waals surface area contributed by atoms with Crippen LogP contribution in [-0.2, 0) is 11.2 Å². The van der Waals surface area contributed by atoms with E-state index in [-0.39, 0.29) is 18.3 Å². The van der Waals surface area contributed by atoms with Crippen molar-refractivity contribution in [2.75, 3.05) is 13.1 Å². The van der Waals surface area contributed by atoms with Crippen LogP contribution in [0.15, 0.2) is 28.7 Å². The molecule has 2 rings (SSSR count). The molecule has 0 aliphatic carbocycles. The molecule has 0 radical (unpaired) electrons. The van der Waals surface area contributed by atoms with Gasteiger partial charge in [0.2, 0.25) is 5.91 Å². The summed E-state index contributed by atoms with van der Waals surface area (Å²) in [5.41, 5.74) is 1.20. The second-order valence-corrected chi connectivity index (χ2v) is 5.30. The van der Waals surface area contributed by atoms with Crippen LogP contribution < -0.4 is 10.6 Å². The van der Waals surface area contributed by atoms with Crippen LogP contribution in [0.25, 0.3) is 0 Å². The molecule has 0 bridgehead atoms. The van der Waals surface area contributed by atoms with Gasteiger partial charge in [-0.15, -0.1) is 12.4 Å². The normalized spacial score (nSPS) is 18.2. The van der Waals surface area contributed by atoms with Gasteiger partial charge in [-0.25, -0.2) is 0 Å². The van der Waals surface area contributed by atoms with Crippen LogP contribution in [0.1, 0.15) is 18.4 Å². The first-order valence-corrected chi connectivity index (χ1v) is 6.78. The summed E-state index contributed by atoms with van der Waals surface area (Å²) in [6.07, 6.45) is 2.42. The van der Waals surface area contributed by atoms with Gasteiger partial charge in [0, 0.05) is 23.5 Å². The zero-order valence-corrected chi connectivity index (χ0v) is 12.5. The minimum Gasteiger partial charge on any atom is -0.352 e. The van der Waals surface area contributed by atoms with E-state index in [4.69, 9.17) is 0 Å². The Morgan fingerprint density at radius 3 is 2.72 bits per heavy atom. The third-order valence-corrected chi connectivity index (χ3v) is 3.51. The van der Waals surface area contributed by atoms with Crippen molar-refractivity contribution in [2.45, 2.75) is 25.3 Å². The van der Waals surface area contributed by atoms with Crippen molar-refractivity contribution in [3.63, 3.8) is 0 Å². The number of benzene rings is 1. The largest absolute Gasteiger partial charge is 0.352 e. The fourth-order valence-corrected chi connectivity index (χ4v) is 2.25. The first-order valence-electron chi connectivity index (χ1n) is 5.98. The average molecular weight is 334 g/mol. The molecular weight excluding hydrogens is 316 g/mol. The van der Waals surface area contributed by atoms with Crippen molar-refractivity contribution in [3.8, 4) is 0 Å². The molecule has 2 N–H and O–H groups in total. The van der Waals surface area contributed by atoms with Crippen LogP contribution in [0.3, 0.4) is 0 Å². The Morgan fingerprint density at radius 2 is 2.11 bits per heavy atom. The molecular formula is C13H18BrClN2O. The SMILES string of the molecule is Cl.O=C(CCc1ccc(Br)cc1)NC1CCNC1. The van der Waals surface area contributed by atoms with Crippen LogP contribution in [0.4, 0.5) is 0 Å². The predicted octanol–water partition coefficient (Wildman–Crippen LogP) is 2.28. The summed E-state index contributed by atoms with van der Waals surface area (Å²) in [5.74, 6) is 0.154. The molecule has 3 nitrogen and oxygen atoms in total. The molecule has 18 heavy (non-hydrogen) atoms. The first kappa shape index (κ1) is 15.5. The number of carbonyl (C=O) groups excluding carboxylic acids is 1. The summed E-state index contributed by atoms with van der Waals surface area (Å²) in [6, 6.07) is 8.44. The number of nitrogens with one attached hydrogen (secondary N) is 2. The molecule has 0 spiro atoms. The smallest absolute Gasteiger partial charge is 0.220 e. The summed E-state index contributed by atoms with van der Waals surface area (Å²) >= 11 is 3.40. The van der Waals surface area contributed by atoms with Gasteiger partial charge in [-0.3, -0.25) is 4.79 Å². The Kier molecular flexibility index (Phi) is 6.68. The third kappa shape index (κ3) is 4.96. The van der Waals surface area contributed by atoms with Gasteiger partial charge < -0.3 is 10.6 Å². The zero-order chi connectivity index (χ0) is 12.1. The van der Waals surface area contributed by atoms with Crippen molar-refractivity contribution in [1.82, 2.24) is 10.6 Å². The van der Waals surface area contributed by atoms with Crippen molar-refractivity contribution in [3.05, 3.63) is 34.3 Å². The molecule has 1 heterocycles. The number of halogens is 2. The van der Waals surface area contributed by atoms with E-state index >= 15 is 0 Å². The molecule has 0 aromatic heterocycles. The highest BCUT2D eigenvalue weighted by atomic mass is 79.9. The van der Waals surface area contributed by atoms with Crippen molar-refractivity contribution >= 4 is 34.2 Å². The maximum Gasteiger partial charge on any atom is 0.220 e. The van der Waals surface area contributed by atoms with Gasteiger partial charge in [-0.2, -0.15) is 0 Å². The van der Waals surface area contributed by atoms with E-state index in [9.17, 15) is 4.79 Å². The summed E-state index contributed by atoms with van der Waals surface area (Å²) in [5, 5.41) is 6.29. The summed E-state index contributed by atoms with van der Waals surface area (Å²) in [7, 11) is 0. The van der Waals surface area contributed by atoms with Crippen molar-refractivity contribution < 1.29 is 4.79 Å². The van der Waals surface area contributed by atoms with Gasteiger partial charge in [0.15, 0.2) is 0 Å². The lowest BCUT2D eigenvalue weighted by atomic mass is 10.1. The fraction of sp³-hybridized carbons (Fsp3) is 0.462. The van der Waals surface area contributed by atoms with E-state index in [0.29, 0.717) is 12.5 Å². The maximum atomic E-state index is 11.7. The molecule has 1 atom stereocenters. The predicted molar refractivity (Wildman–Crippen MR) is 79.1 cm³/mol. The molecule has 100 valence electrons. The van der Waals surface area contributed by atoms with Crippen LogP contribution in [0, 0.1) is 0 Å². The highest BCUT2D eigenvalue weighted by Gasteiger charge is 2.16. The van der Waals surface area contributed by atoms with Crippen molar-refractivity contribution in [2.24, 2.45) is 0 Å². The Hall–Kier alpha value is -0.580. The van der Waals surface area contributed by atoms with Crippen LogP contribution in [0.5, 0.6) is 0 Å². The summed E-state index contributed by atoms with van der Waals surface area (Å²) in [6.45, 7) is 1.92. The second-order valence-electron chi connectivity index (χ2n) is 4.38. The highest BCUT2D eigenvalue weighted by molar-refractivity contribution is 9.10. The van der Waals surface area contributed by atoms with Gasteiger partial charge in [-0.1, -0.05) is 28.1 Å². The molecule has 1 aliphatic rings. The minimum atomic E-state index is 0. The zero-order valence-electron chi connectivity index (χ0n) is 10.1. The summed E-state index contributed by atoms with van der Waals surface area (Å²) < 4.78 is 1.07. The number of carbonyl (C=O) groups is 1. The average Bonchev–Trinajstić information content (AvgIpc) is 2.81. The molecule has 1 saturated heterocycles. The topological polar surface area (TPSA) is 41.1 Å². The third-order valence-electron chi connectivity index (χ3n) is 2.98.